The summed E-state index contributed by atoms with van der Waals surface area (Å²) in [5.41, 5.74) is 7.38. The van der Waals surface area contributed by atoms with Crippen molar-refractivity contribution in [2.24, 2.45) is 11.1 Å². The number of fused-ring (bicyclic) bond motifs is 1. The van der Waals surface area contributed by atoms with Gasteiger partial charge in [-0.2, -0.15) is 0 Å². The van der Waals surface area contributed by atoms with Crippen molar-refractivity contribution in [3.8, 4) is 5.88 Å². The maximum absolute atomic E-state index is 14.5. The van der Waals surface area contributed by atoms with Crippen LogP contribution < -0.4 is 10.5 Å². The second-order valence-electron chi connectivity index (χ2n) is 7.42. The molecule has 110 valence electrons. The minimum absolute atomic E-state index is 0.167. The summed E-state index contributed by atoms with van der Waals surface area (Å²) < 4.78 is 20.4. The minimum Gasteiger partial charge on any atom is -0.468 e. The van der Waals surface area contributed by atoms with Gasteiger partial charge in [-0.15, -0.1) is 0 Å². The predicted molar refractivity (Wildman–Crippen MR) is 76.4 cm³/mol. The van der Waals surface area contributed by atoms with Crippen LogP contribution in [-0.2, 0) is 6.42 Å². The molecule has 4 heteroatoms. The van der Waals surface area contributed by atoms with Gasteiger partial charge in [0.2, 0.25) is 5.88 Å². The number of alkyl halides is 1. The van der Waals surface area contributed by atoms with Gasteiger partial charge in [-0.3, -0.25) is 0 Å². The maximum atomic E-state index is 14.5. The highest BCUT2D eigenvalue weighted by Gasteiger charge is 2.53. The van der Waals surface area contributed by atoms with Gasteiger partial charge in [0, 0.05) is 11.8 Å². The first-order valence-corrected chi connectivity index (χ1v) is 7.38. The number of nitrogens with two attached hydrogens (primary N) is 1. The Labute approximate surface area is 119 Å². The Hall–Kier alpha value is -1.16. The molecule has 0 radical (unpaired) electrons. The molecule has 3 nitrogen and oxygen atoms in total. The fourth-order valence-corrected chi connectivity index (χ4v) is 3.18. The summed E-state index contributed by atoms with van der Waals surface area (Å²) in [5.74, 6) is 0.531. The standard InChI is InChI=1S/C16H23FN2O/c1-15(2,3)8-10-7-11-12(18)13(17)16(5-4-6-16)20-14(11)19-9-10/h7,9,12-13H,4-6,8,18H2,1-3H3. The van der Waals surface area contributed by atoms with Crippen LogP contribution in [0.15, 0.2) is 12.3 Å². The van der Waals surface area contributed by atoms with Crippen LogP contribution in [0.2, 0.25) is 0 Å². The van der Waals surface area contributed by atoms with Crippen molar-refractivity contribution in [2.45, 2.75) is 64.3 Å². The molecule has 2 N–H and O–H groups in total. The molecule has 3 rings (SSSR count). The quantitative estimate of drug-likeness (QED) is 0.857. The fourth-order valence-electron chi connectivity index (χ4n) is 3.18. The fraction of sp³-hybridized carbons (Fsp3) is 0.688. The van der Waals surface area contributed by atoms with Crippen LogP contribution in [0.3, 0.4) is 0 Å². The summed E-state index contributed by atoms with van der Waals surface area (Å²) in [6, 6.07) is 1.35. The largest absolute Gasteiger partial charge is 0.468 e. The molecule has 1 aliphatic carbocycles. The first kappa shape index (κ1) is 13.8. The molecule has 1 spiro atoms. The van der Waals surface area contributed by atoms with Crippen LogP contribution in [0.5, 0.6) is 5.88 Å². The lowest BCUT2D eigenvalue weighted by Gasteiger charge is -2.48. The molecule has 1 aromatic rings. The van der Waals surface area contributed by atoms with Crippen molar-refractivity contribution >= 4 is 0 Å². The van der Waals surface area contributed by atoms with Crippen LogP contribution in [0, 0.1) is 5.41 Å². The highest BCUT2D eigenvalue weighted by Crippen LogP contribution is 2.49. The van der Waals surface area contributed by atoms with E-state index in [9.17, 15) is 4.39 Å². The van der Waals surface area contributed by atoms with Gasteiger partial charge in [-0.1, -0.05) is 20.8 Å². The second kappa shape index (κ2) is 4.42. The Kier molecular flexibility index (Phi) is 3.05. The van der Waals surface area contributed by atoms with Gasteiger partial charge >= 0.3 is 0 Å². The molecular formula is C16H23FN2O. The van der Waals surface area contributed by atoms with Gasteiger partial charge in [-0.25, -0.2) is 9.37 Å². The Balaban J connectivity index is 1.92. The van der Waals surface area contributed by atoms with Crippen molar-refractivity contribution in [1.29, 1.82) is 0 Å². The van der Waals surface area contributed by atoms with Gasteiger partial charge < -0.3 is 10.5 Å². The lowest BCUT2D eigenvalue weighted by Crippen LogP contribution is -2.57. The summed E-state index contributed by atoms with van der Waals surface area (Å²) in [7, 11) is 0. The zero-order valence-electron chi connectivity index (χ0n) is 12.4. The number of pyridine rings is 1. The van der Waals surface area contributed by atoms with Crippen LogP contribution in [0.4, 0.5) is 4.39 Å². The van der Waals surface area contributed by atoms with E-state index in [2.05, 4.69) is 25.8 Å². The zero-order valence-corrected chi connectivity index (χ0v) is 12.4. The van der Waals surface area contributed by atoms with Gasteiger partial charge in [0.25, 0.3) is 0 Å². The van der Waals surface area contributed by atoms with Crippen LogP contribution >= 0.6 is 0 Å². The van der Waals surface area contributed by atoms with Crippen molar-refractivity contribution < 1.29 is 9.13 Å². The number of aromatic nitrogens is 1. The normalized spacial score (nSPS) is 27.6. The monoisotopic (exact) mass is 278 g/mol. The average Bonchev–Trinajstić information content (AvgIpc) is 2.30. The molecule has 20 heavy (non-hydrogen) atoms. The summed E-state index contributed by atoms with van der Waals surface area (Å²) in [5, 5.41) is 0. The van der Waals surface area contributed by atoms with E-state index in [1.165, 1.54) is 0 Å². The lowest BCUT2D eigenvalue weighted by atomic mass is 9.72. The van der Waals surface area contributed by atoms with Crippen molar-refractivity contribution in [2.75, 3.05) is 0 Å². The van der Waals surface area contributed by atoms with Gasteiger partial charge in [0.1, 0.15) is 5.60 Å². The Bertz CT molecular complexity index is 520. The number of hydrogen-bond acceptors (Lipinski definition) is 3. The number of halogens is 1. The van der Waals surface area contributed by atoms with Crippen LogP contribution in [-0.4, -0.2) is 16.8 Å². The Morgan fingerprint density at radius 1 is 1.45 bits per heavy atom. The second-order valence-corrected chi connectivity index (χ2v) is 7.42. The SMILES string of the molecule is CC(C)(C)Cc1cnc2c(c1)C(N)C(F)C1(CCC1)O2. The first-order chi connectivity index (χ1) is 9.31. The Morgan fingerprint density at radius 2 is 2.15 bits per heavy atom. The molecule has 0 bridgehead atoms. The van der Waals surface area contributed by atoms with Crippen LogP contribution in [0.1, 0.15) is 57.2 Å². The number of ether oxygens (including phenoxy) is 1. The average molecular weight is 278 g/mol. The Morgan fingerprint density at radius 3 is 2.70 bits per heavy atom. The topological polar surface area (TPSA) is 48.1 Å². The molecule has 2 heterocycles. The number of rotatable bonds is 1. The van der Waals surface area contributed by atoms with E-state index < -0.39 is 17.8 Å². The van der Waals surface area contributed by atoms with E-state index >= 15 is 0 Å². The van der Waals surface area contributed by atoms with E-state index in [0.29, 0.717) is 5.88 Å². The molecule has 1 saturated carbocycles. The summed E-state index contributed by atoms with van der Waals surface area (Å²) in [6.45, 7) is 6.51. The third-order valence-electron chi connectivity index (χ3n) is 4.35. The third-order valence-corrected chi connectivity index (χ3v) is 4.35. The first-order valence-electron chi connectivity index (χ1n) is 7.38. The zero-order chi connectivity index (χ0) is 14.5. The van der Waals surface area contributed by atoms with E-state index in [1.54, 1.807) is 0 Å². The van der Waals surface area contributed by atoms with E-state index in [1.807, 2.05) is 12.3 Å². The number of hydrogen-bond donors (Lipinski definition) is 1. The lowest BCUT2D eigenvalue weighted by molar-refractivity contribution is -0.0968. The van der Waals surface area contributed by atoms with E-state index in [4.69, 9.17) is 10.5 Å². The molecule has 2 aliphatic rings. The van der Waals surface area contributed by atoms with Crippen molar-refractivity contribution in [1.82, 2.24) is 4.98 Å². The van der Waals surface area contributed by atoms with Crippen molar-refractivity contribution in [3.63, 3.8) is 0 Å². The molecule has 0 aromatic carbocycles. The summed E-state index contributed by atoms with van der Waals surface area (Å²) >= 11 is 0. The summed E-state index contributed by atoms with van der Waals surface area (Å²) in [4.78, 5) is 4.40. The van der Waals surface area contributed by atoms with Gasteiger partial charge in [-0.05, 0) is 42.7 Å². The molecular weight excluding hydrogens is 255 g/mol. The highest BCUT2D eigenvalue weighted by atomic mass is 19.1. The van der Waals surface area contributed by atoms with Crippen LogP contribution in [0.25, 0.3) is 0 Å². The van der Waals surface area contributed by atoms with E-state index in [-0.39, 0.29) is 5.41 Å². The minimum atomic E-state index is -1.13. The third kappa shape index (κ3) is 2.20. The molecule has 2 unspecified atom stereocenters. The molecule has 2 atom stereocenters. The molecule has 1 fully saturated rings. The molecule has 1 aromatic heterocycles. The smallest absolute Gasteiger partial charge is 0.218 e. The number of nitrogens with zero attached hydrogens (tertiary/aromatic N) is 1. The van der Waals surface area contributed by atoms with Gasteiger partial charge in [0.05, 0.1) is 6.04 Å². The molecule has 1 aliphatic heterocycles. The van der Waals surface area contributed by atoms with E-state index in [0.717, 1.165) is 36.8 Å². The highest BCUT2D eigenvalue weighted by molar-refractivity contribution is 5.38. The predicted octanol–water partition coefficient (Wildman–Crippen LogP) is 3.32. The van der Waals surface area contributed by atoms with Gasteiger partial charge in [0.15, 0.2) is 6.17 Å². The molecule has 0 amide bonds. The maximum Gasteiger partial charge on any atom is 0.218 e. The van der Waals surface area contributed by atoms with Crippen molar-refractivity contribution in [3.05, 3.63) is 23.4 Å². The molecule has 0 saturated heterocycles. The summed E-state index contributed by atoms with van der Waals surface area (Å²) in [6.07, 6.45) is 4.09.